The Kier molecular flexibility index (Phi) is 8.07. The highest BCUT2D eigenvalue weighted by Crippen LogP contribution is 2.57. The average molecular weight is 501 g/mol. The highest BCUT2D eigenvalue weighted by molar-refractivity contribution is 5.92. The van der Waals surface area contributed by atoms with Crippen molar-refractivity contribution in [3.63, 3.8) is 0 Å². The molecule has 4 aliphatic carbocycles. The maximum absolute atomic E-state index is 13.4. The van der Waals surface area contributed by atoms with Crippen LogP contribution in [0.3, 0.4) is 0 Å². The second-order valence-corrected chi connectivity index (χ2v) is 11.8. The van der Waals surface area contributed by atoms with Crippen LogP contribution in [0.4, 0.5) is 0 Å². The average Bonchev–Trinajstić information content (AvgIpc) is 2.88. The van der Waals surface area contributed by atoms with Gasteiger partial charge in [-0.25, -0.2) is 0 Å². The topological polar surface area (TPSA) is 75.3 Å². The summed E-state index contributed by atoms with van der Waals surface area (Å²) in [5.41, 5.74) is 1.97. The number of nitrogens with one attached hydrogen (secondary N) is 2. The minimum Gasteiger partial charge on any atom is -0.344 e. The molecule has 0 saturated heterocycles. The summed E-state index contributed by atoms with van der Waals surface area (Å²) in [4.78, 5) is 38.9. The van der Waals surface area contributed by atoms with Crippen molar-refractivity contribution >= 4 is 17.6 Å². The van der Waals surface area contributed by atoms with Crippen LogP contribution in [-0.2, 0) is 27.2 Å². The predicted molar refractivity (Wildman–Crippen MR) is 145 cm³/mol. The summed E-state index contributed by atoms with van der Waals surface area (Å²) in [6.45, 7) is 1.50. The van der Waals surface area contributed by atoms with E-state index in [-0.39, 0.29) is 17.6 Å². The van der Waals surface area contributed by atoms with Crippen molar-refractivity contribution in [2.75, 3.05) is 0 Å². The first-order valence-electron chi connectivity index (χ1n) is 14.1. The zero-order chi connectivity index (χ0) is 25.8. The molecule has 0 heterocycles. The fraction of sp³-hybridized carbons (Fsp3) is 0.531. The molecule has 0 aromatic heterocycles. The first kappa shape index (κ1) is 25.7. The summed E-state index contributed by atoms with van der Waals surface area (Å²) in [5.74, 6) is 3.64. The van der Waals surface area contributed by atoms with Gasteiger partial charge in [0.1, 0.15) is 6.04 Å². The molecule has 4 aliphatic rings. The van der Waals surface area contributed by atoms with Crippen molar-refractivity contribution < 1.29 is 14.4 Å². The summed E-state index contributed by atoms with van der Waals surface area (Å²) in [7, 11) is 0. The van der Waals surface area contributed by atoms with Crippen molar-refractivity contribution in [1.29, 1.82) is 0 Å². The number of rotatable bonds is 11. The number of hydrogen-bond donors (Lipinski definition) is 2. The molecule has 5 nitrogen and oxygen atoms in total. The number of carbonyl (C=O) groups excluding carboxylic acids is 3. The van der Waals surface area contributed by atoms with Crippen LogP contribution < -0.4 is 10.6 Å². The molecule has 4 fully saturated rings. The maximum atomic E-state index is 13.4. The van der Waals surface area contributed by atoms with E-state index in [4.69, 9.17) is 0 Å². The van der Waals surface area contributed by atoms with E-state index < -0.39 is 12.1 Å². The number of hydrogen-bond acceptors (Lipinski definition) is 3. The fourth-order valence-corrected chi connectivity index (χ4v) is 7.55. The molecule has 0 spiro atoms. The van der Waals surface area contributed by atoms with Gasteiger partial charge in [-0.2, -0.15) is 0 Å². The molecule has 37 heavy (non-hydrogen) atoms. The predicted octanol–water partition coefficient (Wildman–Crippen LogP) is 4.88. The molecule has 2 atom stereocenters. The summed E-state index contributed by atoms with van der Waals surface area (Å²) >= 11 is 0. The Morgan fingerprint density at radius 1 is 0.730 bits per heavy atom. The lowest BCUT2D eigenvalue weighted by molar-refractivity contribution is -0.131. The van der Waals surface area contributed by atoms with E-state index in [9.17, 15) is 14.4 Å². The second-order valence-electron chi connectivity index (χ2n) is 11.8. The molecule has 2 aromatic rings. The molecule has 2 N–H and O–H groups in total. The number of benzene rings is 2. The Morgan fingerprint density at radius 3 is 1.76 bits per heavy atom. The Morgan fingerprint density at radius 2 is 1.24 bits per heavy atom. The molecule has 4 bridgehead atoms. The van der Waals surface area contributed by atoms with Crippen LogP contribution in [0.1, 0.15) is 63.0 Å². The van der Waals surface area contributed by atoms with Crippen LogP contribution in [0.5, 0.6) is 0 Å². The van der Waals surface area contributed by atoms with Crippen molar-refractivity contribution in [2.45, 2.75) is 76.8 Å². The Hall–Kier alpha value is -2.95. The van der Waals surface area contributed by atoms with Gasteiger partial charge in [-0.3, -0.25) is 14.4 Å². The van der Waals surface area contributed by atoms with Gasteiger partial charge in [0, 0.05) is 12.8 Å². The smallest absolute Gasteiger partial charge is 0.243 e. The highest BCUT2D eigenvalue weighted by Gasteiger charge is 2.47. The van der Waals surface area contributed by atoms with E-state index in [1.54, 1.807) is 0 Å². The summed E-state index contributed by atoms with van der Waals surface area (Å²) in [6.07, 6.45) is 9.06. The van der Waals surface area contributed by atoms with Crippen molar-refractivity contribution in [1.82, 2.24) is 10.6 Å². The van der Waals surface area contributed by atoms with E-state index in [0.29, 0.717) is 25.2 Å². The lowest BCUT2D eigenvalue weighted by Crippen LogP contribution is -2.53. The molecule has 4 saturated carbocycles. The van der Waals surface area contributed by atoms with Gasteiger partial charge in [0.25, 0.3) is 0 Å². The van der Waals surface area contributed by atoms with Gasteiger partial charge in [0.2, 0.25) is 11.8 Å². The third-order valence-electron chi connectivity index (χ3n) is 9.15. The molecule has 6 rings (SSSR count). The van der Waals surface area contributed by atoms with E-state index in [0.717, 1.165) is 41.2 Å². The van der Waals surface area contributed by atoms with Crippen LogP contribution >= 0.6 is 0 Å². The van der Waals surface area contributed by atoms with Gasteiger partial charge in [0.05, 0.1) is 6.04 Å². The van der Waals surface area contributed by atoms with E-state index in [1.807, 2.05) is 60.7 Å². The van der Waals surface area contributed by atoms with Gasteiger partial charge in [-0.1, -0.05) is 60.7 Å². The summed E-state index contributed by atoms with van der Waals surface area (Å²) in [6, 6.07) is 18.1. The van der Waals surface area contributed by atoms with Gasteiger partial charge in [-0.15, -0.1) is 0 Å². The van der Waals surface area contributed by atoms with Crippen molar-refractivity contribution in [2.24, 2.45) is 29.6 Å². The lowest BCUT2D eigenvalue weighted by atomic mass is 9.51. The van der Waals surface area contributed by atoms with E-state index in [2.05, 4.69) is 10.6 Å². The molecule has 2 aromatic carbocycles. The Bertz CT molecular complexity index is 1060. The monoisotopic (exact) mass is 500 g/mol. The standard InChI is InChI=1S/C32H40N2O3/c1-21(35)29(19-22-8-4-2-5-9-22)34-32(37)30(20-23-10-6-3-7-11-23)33-31(36)13-12-28-26-15-24-14-25(17-26)18-27(28)16-24/h2-11,24-30H,12-20H2,1H3,(H,33,36)(H,34,37)/t24?,25?,26?,27?,28?,29-,30-/m0/s1. The third-order valence-corrected chi connectivity index (χ3v) is 9.15. The van der Waals surface area contributed by atoms with Crippen molar-refractivity contribution in [3.8, 4) is 0 Å². The molecule has 5 heteroatoms. The molecule has 0 aliphatic heterocycles. The number of amides is 2. The van der Waals surface area contributed by atoms with Crippen LogP contribution in [-0.4, -0.2) is 29.7 Å². The zero-order valence-electron chi connectivity index (χ0n) is 21.9. The maximum Gasteiger partial charge on any atom is 0.243 e. The Labute approximate surface area is 220 Å². The second kappa shape index (κ2) is 11.6. The summed E-state index contributed by atoms with van der Waals surface area (Å²) in [5, 5.41) is 5.97. The summed E-state index contributed by atoms with van der Waals surface area (Å²) < 4.78 is 0. The molecule has 196 valence electrons. The SMILES string of the molecule is CC(=O)[C@H](Cc1ccccc1)NC(=O)[C@H](Cc1ccccc1)NC(=O)CCC1C2CC3CC(C2)CC1C3. The minimum atomic E-state index is -0.717. The van der Waals surface area contributed by atoms with Crippen LogP contribution in [0.2, 0.25) is 0 Å². The molecular weight excluding hydrogens is 460 g/mol. The van der Waals surface area contributed by atoms with Gasteiger partial charge in [0.15, 0.2) is 5.78 Å². The molecule has 0 unspecified atom stereocenters. The fourth-order valence-electron chi connectivity index (χ4n) is 7.55. The third kappa shape index (κ3) is 6.49. The molecular formula is C32H40N2O3. The van der Waals surface area contributed by atoms with Crippen LogP contribution in [0, 0.1) is 29.6 Å². The zero-order valence-corrected chi connectivity index (χ0v) is 21.9. The number of carbonyl (C=O) groups is 3. The van der Waals surface area contributed by atoms with Crippen molar-refractivity contribution in [3.05, 3.63) is 71.8 Å². The normalized spacial score (nSPS) is 27.3. The number of ketones is 1. The van der Waals surface area contributed by atoms with Gasteiger partial charge < -0.3 is 10.6 Å². The first-order chi connectivity index (χ1) is 17.9. The quantitative estimate of drug-likeness (QED) is 0.462. The van der Waals surface area contributed by atoms with E-state index >= 15 is 0 Å². The molecule has 2 amide bonds. The lowest BCUT2D eigenvalue weighted by Gasteiger charge is -2.54. The minimum absolute atomic E-state index is 0.0627. The first-order valence-corrected chi connectivity index (χ1v) is 14.1. The van der Waals surface area contributed by atoms with E-state index in [1.165, 1.54) is 39.0 Å². The Balaban J connectivity index is 1.21. The molecule has 0 radical (unpaired) electrons. The van der Waals surface area contributed by atoms with Crippen LogP contribution in [0.15, 0.2) is 60.7 Å². The van der Waals surface area contributed by atoms with Gasteiger partial charge >= 0.3 is 0 Å². The largest absolute Gasteiger partial charge is 0.344 e. The highest BCUT2D eigenvalue weighted by atomic mass is 16.2. The van der Waals surface area contributed by atoms with Crippen LogP contribution in [0.25, 0.3) is 0 Å². The number of Topliss-reactive ketones (excluding diaryl/α,β-unsaturated/α-hetero) is 1. The van der Waals surface area contributed by atoms with Gasteiger partial charge in [-0.05, 0) is 92.6 Å².